The largest absolute Gasteiger partial charge is 0.454 e. The number of nitrogens with zero attached hydrogens (tertiary/aromatic N) is 1. The van der Waals surface area contributed by atoms with Crippen molar-refractivity contribution in [2.24, 2.45) is 0 Å². The highest BCUT2D eigenvalue weighted by atomic mass is 32.2. The molecule has 0 saturated heterocycles. The summed E-state index contributed by atoms with van der Waals surface area (Å²) in [6.07, 6.45) is 2.62. The fourth-order valence-electron chi connectivity index (χ4n) is 1.83. The van der Waals surface area contributed by atoms with Gasteiger partial charge in [0.15, 0.2) is 26.4 Å². The fraction of sp³-hybridized carbons (Fsp3) is 0.182. The summed E-state index contributed by atoms with van der Waals surface area (Å²) in [5, 5.41) is 6.38. The minimum Gasteiger partial charge on any atom is -0.454 e. The van der Waals surface area contributed by atoms with Crippen molar-refractivity contribution in [3.63, 3.8) is 0 Å². The Hall–Kier alpha value is -2.02. The van der Waals surface area contributed by atoms with Crippen molar-refractivity contribution < 1.29 is 17.9 Å². The van der Waals surface area contributed by atoms with Crippen molar-refractivity contribution in [2.75, 3.05) is 13.0 Å². The average molecular weight is 266 g/mol. The van der Waals surface area contributed by atoms with Gasteiger partial charge in [-0.15, -0.1) is 0 Å². The third kappa shape index (κ3) is 1.72. The second kappa shape index (κ2) is 3.74. The molecule has 1 N–H and O–H groups in total. The molecule has 18 heavy (non-hydrogen) atoms. The number of benzene rings is 1. The monoisotopic (exact) mass is 266 g/mol. The van der Waals surface area contributed by atoms with Crippen LogP contribution in [0.2, 0.25) is 0 Å². The van der Waals surface area contributed by atoms with E-state index in [-0.39, 0.29) is 11.8 Å². The van der Waals surface area contributed by atoms with Crippen LogP contribution in [0.15, 0.2) is 29.4 Å². The number of rotatable bonds is 2. The normalized spacial score (nSPS) is 13.8. The molecule has 0 spiro atoms. The molecule has 2 aromatic rings. The number of fused-ring (bicyclic) bond motifs is 1. The van der Waals surface area contributed by atoms with Gasteiger partial charge in [-0.3, -0.25) is 5.10 Å². The Morgan fingerprint density at radius 2 is 2.06 bits per heavy atom. The Balaban J connectivity index is 2.14. The van der Waals surface area contributed by atoms with Crippen LogP contribution in [0, 0.1) is 0 Å². The van der Waals surface area contributed by atoms with E-state index in [2.05, 4.69) is 10.2 Å². The number of hydrogen-bond donors (Lipinski definition) is 1. The number of aromatic amines is 1. The fourth-order valence-corrected chi connectivity index (χ4v) is 2.62. The van der Waals surface area contributed by atoms with Crippen LogP contribution in [0.4, 0.5) is 0 Å². The van der Waals surface area contributed by atoms with Gasteiger partial charge < -0.3 is 9.47 Å². The first-order valence-electron chi connectivity index (χ1n) is 5.19. The molecule has 0 atom stereocenters. The third-order valence-corrected chi connectivity index (χ3v) is 3.71. The van der Waals surface area contributed by atoms with Crippen LogP contribution in [0.5, 0.6) is 11.5 Å². The molecule has 1 aliphatic heterocycles. The highest BCUT2D eigenvalue weighted by Gasteiger charge is 2.20. The Kier molecular flexibility index (Phi) is 2.30. The topological polar surface area (TPSA) is 81.3 Å². The highest BCUT2D eigenvalue weighted by Crippen LogP contribution is 2.37. The first kappa shape index (κ1) is 11.1. The molecular formula is C11H10N2O4S. The van der Waals surface area contributed by atoms with E-state index < -0.39 is 9.84 Å². The lowest BCUT2D eigenvalue weighted by molar-refractivity contribution is 0.174. The molecule has 1 aromatic carbocycles. The Morgan fingerprint density at radius 3 is 2.83 bits per heavy atom. The van der Waals surface area contributed by atoms with Crippen LogP contribution in [0.1, 0.15) is 0 Å². The maximum Gasteiger partial charge on any atom is 0.231 e. The van der Waals surface area contributed by atoms with E-state index in [0.717, 1.165) is 6.26 Å². The van der Waals surface area contributed by atoms with E-state index >= 15 is 0 Å². The van der Waals surface area contributed by atoms with Gasteiger partial charge in [0.05, 0.1) is 6.20 Å². The Bertz CT molecular complexity index is 706. The van der Waals surface area contributed by atoms with E-state index in [1.165, 1.54) is 6.20 Å². The van der Waals surface area contributed by atoms with Crippen molar-refractivity contribution in [1.29, 1.82) is 0 Å². The first-order chi connectivity index (χ1) is 8.55. The minimum absolute atomic E-state index is 0.0985. The number of H-pyrrole nitrogens is 1. The van der Waals surface area contributed by atoms with Gasteiger partial charge >= 0.3 is 0 Å². The molecule has 3 rings (SSSR count). The molecule has 0 radical (unpaired) electrons. The lowest BCUT2D eigenvalue weighted by atomic mass is 10.1. The van der Waals surface area contributed by atoms with E-state index in [4.69, 9.17) is 9.47 Å². The maximum atomic E-state index is 11.6. The molecular weight excluding hydrogens is 256 g/mol. The number of hydrogen-bond acceptors (Lipinski definition) is 5. The van der Waals surface area contributed by atoms with Gasteiger partial charge in [-0.25, -0.2) is 8.42 Å². The lowest BCUT2D eigenvalue weighted by Gasteiger charge is -2.03. The Labute approximate surface area is 103 Å². The molecule has 1 aromatic heterocycles. The highest BCUT2D eigenvalue weighted by molar-refractivity contribution is 7.90. The van der Waals surface area contributed by atoms with Gasteiger partial charge in [0.25, 0.3) is 0 Å². The summed E-state index contributed by atoms with van der Waals surface area (Å²) in [6.45, 7) is 0.184. The average Bonchev–Trinajstić information content (AvgIpc) is 2.96. The summed E-state index contributed by atoms with van der Waals surface area (Å²) in [6, 6.07) is 5.26. The molecule has 0 bridgehead atoms. The van der Waals surface area contributed by atoms with E-state index in [9.17, 15) is 8.42 Å². The summed E-state index contributed by atoms with van der Waals surface area (Å²) >= 11 is 0. The van der Waals surface area contributed by atoms with Crippen LogP contribution in [-0.2, 0) is 9.84 Å². The van der Waals surface area contributed by atoms with E-state index in [1.807, 2.05) is 0 Å². The van der Waals surface area contributed by atoms with E-state index in [1.54, 1.807) is 18.2 Å². The second-order valence-corrected chi connectivity index (χ2v) is 5.91. The van der Waals surface area contributed by atoms with Crippen molar-refractivity contribution in [2.45, 2.75) is 5.03 Å². The van der Waals surface area contributed by atoms with Crippen LogP contribution in [0.3, 0.4) is 0 Å². The molecule has 0 saturated carbocycles. The number of ether oxygens (including phenoxy) is 2. The number of aromatic nitrogens is 2. The second-order valence-electron chi connectivity index (χ2n) is 3.95. The molecule has 6 nitrogen and oxygen atoms in total. The zero-order chi connectivity index (χ0) is 12.8. The van der Waals surface area contributed by atoms with Gasteiger partial charge in [-0.1, -0.05) is 6.07 Å². The molecule has 0 fully saturated rings. The van der Waals surface area contributed by atoms with E-state index in [0.29, 0.717) is 22.6 Å². The quantitative estimate of drug-likeness (QED) is 0.883. The SMILES string of the molecule is CS(=O)(=O)c1[nH]ncc1-c1ccc2c(c1)OCO2. The third-order valence-electron chi connectivity index (χ3n) is 2.66. The minimum atomic E-state index is -3.34. The van der Waals surface area contributed by atoms with Gasteiger partial charge in [0.2, 0.25) is 6.79 Å². The molecule has 0 amide bonds. The van der Waals surface area contributed by atoms with Crippen LogP contribution < -0.4 is 9.47 Å². The number of sulfone groups is 1. The molecule has 94 valence electrons. The smallest absolute Gasteiger partial charge is 0.231 e. The standard InChI is InChI=1S/C11H10N2O4S/c1-18(14,15)11-8(5-12-13-11)7-2-3-9-10(4-7)17-6-16-9/h2-5H,6H2,1H3,(H,12,13). The first-order valence-corrected chi connectivity index (χ1v) is 7.08. The molecule has 0 aliphatic carbocycles. The summed E-state index contributed by atoms with van der Waals surface area (Å²) < 4.78 is 33.7. The zero-order valence-corrected chi connectivity index (χ0v) is 10.3. The van der Waals surface area contributed by atoms with Crippen LogP contribution in [0.25, 0.3) is 11.1 Å². The maximum absolute atomic E-state index is 11.6. The molecule has 2 heterocycles. The van der Waals surface area contributed by atoms with Crippen LogP contribution in [-0.4, -0.2) is 31.7 Å². The van der Waals surface area contributed by atoms with Crippen LogP contribution >= 0.6 is 0 Å². The predicted octanol–water partition coefficient (Wildman–Crippen LogP) is 1.21. The Morgan fingerprint density at radius 1 is 1.28 bits per heavy atom. The number of nitrogens with one attached hydrogen (secondary N) is 1. The summed E-state index contributed by atoms with van der Waals surface area (Å²) in [4.78, 5) is 0. The van der Waals surface area contributed by atoms with Crippen molar-refractivity contribution in [3.8, 4) is 22.6 Å². The van der Waals surface area contributed by atoms with Gasteiger partial charge in [-0.05, 0) is 17.7 Å². The summed E-state index contributed by atoms with van der Waals surface area (Å²) in [5.41, 5.74) is 1.24. The summed E-state index contributed by atoms with van der Waals surface area (Å²) in [7, 11) is -3.34. The summed E-state index contributed by atoms with van der Waals surface area (Å²) in [5.74, 6) is 1.26. The van der Waals surface area contributed by atoms with Gasteiger partial charge in [0.1, 0.15) is 0 Å². The van der Waals surface area contributed by atoms with Crippen molar-refractivity contribution >= 4 is 9.84 Å². The molecule has 7 heteroatoms. The van der Waals surface area contributed by atoms with Crippen molar-refractivity contribution in [3.05, 3.63) is 24.4 Å². The lowest BCUT2D eigenvalue weighted by Crippen LogP contribution is -1.99. The van der Waals surface area contributed by atoms with Gasteiger partial charge in [-0.2, -0.15) is 5.10 Å². The van der Waals surface area contributed by atoms with Gasteiger partial charge in [0, 0.05) is 11.8 Å². The molecule has 1 aliphatic rings. The predicted molar refractivity (Wildman–Crippen MR) is 63.3 cm³/mol. The van der Waals surface area contributed by atoms with Crippen molar-refractivity contribution in [1.82, 2.24) is 10.2 Å². The zero-order valence-electron chi connectivity index (χ0n) is 9.50. The molecule has 0 unspecified atom stereocenters.